The van der Waals surface area contributed by atoms with Gasteiger partial charge in [-0.3, -0.25) is 0 Å². The number of hydrogen-bond acceptors (Lipinski definition) is 4. The Morgan fingerprint density at radius 1 is 1.38 bits per heavy atom. The van der Waals surface area contributed by atoms with E-state index in [0.717, 1.165) is 36.9 Å². The quantitative estimate of drug-likeness (QED) is 0.843. The van der Waals surface area contributed by atoms with E-state index in [9.17, 15) is 0 Å². The number of fused-ring (bicyclic) bond motifs is 1. The summed E-state index contributed by atoms with van der Waals surface area (Å²) in [7, 11) is 0. The van der Waals surface area contributed by atoms with Crippen LogP contribution < -0.4 is 10.1 Å². The smallest absolute Gasteiger partial charge is 0.220 e. The summed E-state index contributed by atoms with van der Waals surface area (Å²) >= 11 is 0. The summed E-state index contributed by atoms with van der Waals surface area (Å²) in [5.74, 6) is 2.01. The first-order valence-corrected chi connectivity index (χ1v) is 5.95. The van der Waals surface area contributed by atoms with Crippen LogP contribution in [0.15, 0.2) is 0 Å². The van der Waals surface area contributed by atoms with Crippen molar-refractivity contribution in [2.75, 3.05) is 13.2 Å². The molecule has 0 unspecified atom stereocenters. The fourth-order valence-corrected chi connectivity index (χ4v) is 1.86. The van der Waals surface area contributed by atoms with Crippen LogP contribution in [0, 0.1) is 0 Å². The molecule has 0 amide bonds. The average molecular weight is 221 g/mol. The normalized spacial score (nSPS) is 15.0. The molecule has 1 aromatic rings. The first-order chi connectivity index (χ1) is 7.72. The molecule has 0 aromatic carbocycles. The molecule has 4 heteroatoms. The molecule has 4 nitrogen and oxygen atoms in total. The van der Waals surface area contributed by atoms with Crippen molar-refractivity contribution in [1.82, 2.24) is 15.3 Å². The summed E-state index contributed by atoms with van der Waals surface area (Å²) in [6.07, 6.45) is 0.961. The number of rotatable bonds is 3. The zero-order valence-electron chi connectivity index (χ0n) is 10.2. The lowest BCUT2D eigenvalue weighted by Crippen LogP contribution is -2.26. The van der Waals surface area contributed by atoms with Gasteiger partial charge in [0.15, 0.2) is 0 Å². The highest BCUT2D eigenvalue weighted by Gasteiger charge is 2.19. The fraction of sp³-hybridized carbons (Fsp3) is 0.667. The van der Waals surface area contributed by atoms with Crippen LogP contribution in [0.1, 0.15) is 43.8 Å². The number of ether oxygens (including phenoxy) is 1. The molecule has 0 bridgehead atoms. The maximum Gasteiger partial charge on any atom is 0.220 e. The van der Waals surface area contributed by atoms with Gasteiger partial charge < -0.3 is 10.1 Å². The van der Waals surface area contributed by atoms with Crippen molar-refractivity contribution in [2.45, 2.75) is 39.7 Å². The Balaban J connectivity index is 2.43. The summed E-state index contributed by atoms with van der Waals surface area (Å²) < 4.78 is 5.62. The minimum Gasteiger partial charge on any atom is -0.478 e. The van der Waals surface area contributed by atoms with E-state index in [0.29, 0.717) is 12.5 Å². The zero-order valence-corrected chi connectivity index (χ0v) is 10.2. The third-order valence-electron chi connectivity index (χ3n) is 2.71. The molecule has 0 atom stereocenters. The van der Waals surface area contributed by atoms with Gasteiger partial charge in [-0.1, -0.05) is 13.8 Å². The zero-order chi connectivity index (χ0) is 11.5. The molecule has 0 fully saturated rings. The van der Waals surface area contributed by atoms with Crippen LogP contribution in [-0.2, 0) is 13.0 Å². The summed E-state index contributed by atoms with van der Waals surface area (Å²) in [5, 5.41) is 3.33. The van der Waals surface area contributed by atoms with Crippen molar-refractivity contribution in [3.63, 3.8) is 0 Å². The van der Waals surface area contributed by atoms with Crippen LogP contribution in [0.2, 0.25) is 0 Å². The van der Waals surface area contributed by atoms with E-state index in [1.165, 1.54) is 5.56 Å². The standard InChI is InChI=1S/C12H19N3O/c1-4-16-12-9-5-6-13-7-10(9)14-11(15-12)8(2)3/h8,13H,4-7H2,1-3H3. The van der Waals surface area contributed by atoms with Crippen molar-refractivity contribution in [3.8, 4) is 5.88 Å². The van der Waals surface area contributed by atoms with E-state index in [1.807, 2.05) is 6.92 Å². The lowest BCUT2D eigenvalue weighted by molar-refractivity contribution is 0.317. The van der Waals surface area contributed by atoms with Gasteiger partial charge in [0.05, 0.1) is 12.3 Å². The summed E-state index contributed by atoms with van der Waals surface area (Å²) in [6, 6.07) is 0. The second-order valence-electron chi connectivity index (χ2n) is 4.33. The number of aromatic nitrogens is 2. The predicted molar refractivity (Wildman–Crippen MR) is 62.7 cm³/mol. The fourth-order valence-electron chi connectivity index (χ4n) is 1.86. The van der Waals surface area contributed by atoms with E-state index < -0.39 is 0 Å². The van der Waals surface area contributed by atoms with E-state index in [2.05, 4.69) is 29.1 Å². The minimum absolute atomic E-state index is 0.339. The molecule has 16 heavy (non-hydrogen) atoms. The molecular weight excluding hydrogens is 202 g/mol. The van der Waals surface area contributed by atoms with Crippen LogP contribution in [0.4, 0.5) is 0 Å². The molecule has 0 aliphatic carbocycles. The van der Waals surface area contributed by atoms with Gasteiger partial charge in [0.1, 0.15) is 5.82 Å². The number of nitrogens with one attached hydrogen (secondary N) is 1. The molecule has 0 saturated carbocycles. The minimum atomic E-state index is 0.339. The van der Waals surface area contributed by atoms with Gasteiger partial charge in [0.2, 0.25) is 5.88 Å². The first kappa shape index (κ1) is 11.3. The summed E-state index contributed by atoms with van der Waals surface area (Å²) in [5.41, 5.74) is 2.29. The second kappa shape index (κ2) is 4.78. The van der Waals surface area contributed by atoms with E-state index in [-0.39, 0.29) is 0 Å². The van der Waals surface area contributed by atoms with Gasteiger partial charge in [0.25, 0.3) is 0 Å². The average Bonchev–Trinajstić information content (AvgIpc) is 2.29. The van der Waals surface area contributed by atoms with Crippen LogP contribution >= 0.6 is 0 Å². The Bertz CT molecular complexity index is 377. The van der Waals surface area contributed by atoms with Crippen molar-refractivity contribution in [3.05, 3.63) is 17.1 Å². The lowest BCUT2D eigenvalue weighted by Gasteiger charge is -2.20. The van der Waals surface area contributed by atoms with Crippen LogP contribution in [0.3, 0.4) is 0 Å². The van der Waals surface area contributed by atoms with E-state index in [4.69, 9.17) is 4.74 Å². The highest BCUT2D eigenvalue weighted by atomic mass is 16.5. The largest absolute Gasteiger partial charge is 0.478 e. The Kier molecular flexibility index (Phi) is 3.39. The number of hydrogen-bond donors (Lipinski definition) is 1. The van der Waals surface area contributed by atoms with Gasteiger partial charge in [0, 0.05) is 18.0 Å². The second-order valence-corrected chi connectivity index (χ2v) is 4.33. The SMILES string of the molecule is CCOc1nc(C(C)C)nc2c1CCNC2. The maximum atomic E-state index is 5.62. The molecule has 2 heterocycles. The van der Waals surface area contributed by atoms with Gasteiger partial charge in [-0.05, 0) is 19.9 Å². The Morgan fingerprint density at radius 2 is 2.19 bits per heavy atom. The lowest BCUT2D eigenvalue weighted by atomic mass is 10.1. The highest BCUT2D eigenvalue weighted by Crippen LogP contribution is 2.24. The maximum absolute atomic E-state index is 5.62. The Hall–Kier alpha value is -1.16. The molecule has 0 saturated heterocycles. The van der Waals surface area contributed by atoms with Crippen LogP contribution in [0.5, 0.6) is 5.88 Å². The summed E-state index contributed by atoms with van der Waals surface area (Å²) in [6.45, 7) is 8.68. The van der Waals surface area contributed by atoms with Crippen molar-refractivity contribution in [2.24, 2.45) is 0 Å². The number of nitrogens with zero attached hydrogens (tertiary/aromatic N) is 2. The van der Waals surface area contributed by atoms with Gasteiger partial charge in [-0.2, -0.15) is 4.98 Å². The molecule has 0 spiro atoms. The summed E-state index contributed by atoms with van der Waals surface area (Å²) in [4.78, 5) is 9.12. The van der Waals surface area contributed by atoms with Gasteiger partial charge >= 0.3 is 0 Å². The van der Waals surface area contributed by atoms with Crippen molar-refractivity contribution >= 4 is 0 Å². The molecule has 88 valence electrons. The van der Waals surface area contributed by atoms with Crippen LogP contribution in [0.25, 0.3) is 0 Å². The van der Waals surface area contributed by atoms with E-state index >= 15 is 0 Å². The predicted octanol–water partition coefficient (Wildman–Crippen LogP) is 1.64. The van der Waals surface area contributed by atoms with Gasteiger partial charge in [-0.15, -0.1) is 0 Å². The molecule has 1 aliphatic rings. The van der Waals surface area contributed by atoms with Gasteiger partial charge in [-0.25, -0.2) is 4.98 Å². The molecule has 2 rings (SSSR count). The van der Waals surface area contributed by atoms with Crippen molar-refractivity contribution < 1.29 is 4.74 Å². The highest BCUT2D eigenvalue weighted by molar-refractivity contribution is 5.33. The topological polar surface area (TPSA) is 47.0 Å². The Labute approximate surface area is 96.4 Å². The van der Waals surface area contributed by atoms with E-state index in [1.54, 1.807) is 0 Å². The van der Waals surface area contributed by atoms with Crippen LogP contribution in [-0.4, -0.2) is 23.1 Å². The Morgan fingerprint density at radius 3 is 2.88 bits per heavy atom. The van der Waals surface area contributed by atoms with Crippen molar-refractivity contribution in [1.29, 1.82) is 0 Å². The molecule has 1 aromatic heterocycles. The molecular formula is C12H19N3O. The third-order valence-corrected chi connectivity index (χ3v) is 2.71. The molecule has 1 N–H and O–H groups in total. The molecule has 0 radical (unpaired) electrons. The third kappa shape index (κ3) is 2.16. The monoisotopic (exact) mass is 221 g/mol. The first-order valence-electron chi connectivity index (χ1n) is 5.95. The molecule has 1 aliphatic heterocycles.